The summed E-state index contributed by atoms with van der Waals surface area (Å²) in [5.41, 5.74) is 6.04. The van der Waals surface area contributed by atoms with E-state index in [9.17, 15) is 0 Å². The van der Waals surface area contributed by atoms with Gasteiger partial charge in [0.1, 0.15) is 22.5 Å². The van der Waals surface area contributed by atoms with Crippen LogP contribution in [0.3, 0.4) is 0 Å². The van der Waals surface area contributed by atoms with Crippen molar-refractivity contribution in [3.05, 3.63) is 5.56 Å². The third-order valence-electron chi connectivity index (χ3n) is 2.12. The van der Waals surface area contributed by atoms with Crippen LogP contribution in [0, 0.1) is 11.3 Å². The molecule has 0 unspecified atom stereocenters. The molecule has 0 spiro atoms. The van der Waals surface area contributed by atoms with Gasteiger partial charge >= 0.3 is 0 Å². The van der Waals surface area contributed by atoms with Gasteiger partial charge in [-0.15, -0.1) is 11.8 Å². The summed E-state index contributed by atoms with van der Waals surface area (Å²) in [4.78, 5) is 8.29. The van der Waals surface area contributed by atoms with Crippen LogP contribution in [-0.2, 0) is 0 Å². The van der Waals surface area contributed by atoms with Crippen molar-refractivity contribution in [1.82, 2.24) is 9.97 Å². The molecule has 15 heavy (non-hydrogen) atoms. The second-order valence-electron chi connectivity index (χ2n) is 3.35. The normalized spacial score (nSPS) is 14.7. The van der Waals surface area contributed by atoms with E-state index >= 15 is 0 Å². The molecule has 1 aromatic rings. The molecule has 1 heterocycles. The number of hydrogen-bond acceptors (Lipinski definition) is 6. The van der Waals surface area contributed by atoms with Gasteiger partial charge in [-0.05, 0) is 19.1 Å². The van der Waals surface area contributed by atoms with Crippen LogP contribution in [0.2, 0.25) is 0 Å². The third kappa shape index (κ3) is 2.13. The fourth-order valence-electron chi connectivity index (χ4n) is 1.18. The Morgan fingerprint density at radius 2 is 2.27 bits per heavy atom. The predicted octanol–water partition coefficient (Wildman–Crippen LogP) is 1.23. The molecule has 6 heteroatoms. The molecule has 0 radical (unpaired) electrons. The van der Waals surface area contributed by atoms with E-state index in [-0.39, 0.29) is 5.82 Å². The monoisotopic (exact) mass is 221 g/mol. The lowest BCUT2D eigenvalue weighted by molar-refractivity contribution is 0.994. The van der Waals surface area contributed by atoms with Crippen molar-refractivity contribution in [1.29, 1.82) is 5.26 Å². The minimum absolute atomic E-state index is 0.250. The Kier molecular flexibility index (Phi) is 2.64. The Morgan fingerprint density at radius 3 is 2.80 bits per heavy atom. The van der Waals surface area contributed by atoms with Gasteiger partial charge in [-0.3, -0.25) is 0 Å². The quantitative estimate of drug-likeness (QED) is 0.589. The zero-order chi connectivity index (χ0) is 10.8. The van der Waals surface area contributed by atoms with E-state index in [1.165, 1.54) is 11.8 Å². The van der Waals surface area contributed by atoms with E-state index < -0.39 is 0 Å². The molecule has 1 aromatic heterocycles. The number of nitrogens with two attached hydrogens (primary N) is 1. The highest BCUT2D eigenvalue weighted by Gasteiger charge is 2.23. The molecular weight excluding hydrogens is 210 g/mol. The third-order valence-corrected chi connectivity index (χ3v) is 2.80. The van der Waals surface area contributed by atoms with Crippen molar-refractivity contribution in [2.75, 3.05) is 17.3 Å². The number of nitrogens with one attached hydrogen (secondary N) is 1. The smallest absolute Gasteiger partial charge is 0.226 e. The standard InChI is InChI=1S/C9H11N5S/c1-15-8-6(4-10)7(11)13-9(14-8)12-5-2-3-5/h5H,2-3H2,1H3,(H3,11,12,13,14). The molecule has 1 aliphatic rings. The van der Waals surface area contributed by atoms with Gasteiger partial charge in [-0.2, -0.15) is 10.2 Å². The van der Waals surface area contributed by atoms with E-state index in [1.54, 1.807) is 0 Å². The molecule has 0 saturated heterocycles. The Bertz CT molecular complexity index is 421. The summed E-state index contributed by atoms with van der Waals surface area (Å²) in [7, 11) is 0. The molecule has 1 saturated carbocycles. The number of anilines is 2. The Labute approximate surface area is 92.1 Å². The first-order valence-electron chi connectivity index (χ1n) is 4.62. The van der Waals surface area contributed by atoms with Crippen LogP contribution in [0.1, 0.15) is 18.4 Å². The molecule has 0 aliphatic heterocycles. The van der Waals surface area contributed by atoms with Crippen LogP contribution in [0.15, 0.2) is 5.03 Å². The lowest BCUT2D eigenvalue weighted by Crippen LogP contribution is -2.09. The van der Waals surface area contributed by atoms with Gasteiger partial charge in [-0.1, -0.05) is 0 Å². The molecule has 0 bridgehead atoms. The summed E-state index contributed by atoms with van der Waals surface area (Å²) in [6.45, 7) is 0. The number of aromatic nitrogens is 2. The Hall–Kier alpha value is -1.48. The number of hydrogen-bond donors (Lipinski definition) is 2. The molecule has 2 rings (SSSR count). The molecule has 0 amide bonds. The average molecular weight is 221 g/mol. The van der Waals surface area contributed by atoms with E-state index in [4.69, 9.17) is 11.0 Å². The minimum atomic E-state index is 0.250. The highest BCUT2D eigenvalue weighted by Crippen LogP contribution is 2.26. The van der Waals surface area contributed by atoms with Crippen molar-refractivity contribution >= 4 is 23.5 Å². The minimum Gasteiger partial charge on any atom is -0.382 e. The molecule has 1 aliphatic carbocycles. The lowest BCUT2D eigenvalue weighted by atomic mass is 10.3. The summed E-state index contributed by atoms with van der Waals surface area (Å²) in [5, 5.41) is 12.7. The van der Waals surface area contributed by atoms with E-state index in [1.807, 2.05) is 12.3 Å². The summed E-state index contributed by atoms with van der Waals surface area (Å²) in [6.07, 6.45) is 4.17. The number of thioether (sulfide) groups is 1. The van der Waals surface area contributed by atoms with E-state index in [0.29, 0.717) is 22.6 Å². The van der Waals surface area contributed by atoms with Gasteiger partial charge < -0.3 is 11.1 Å². The average Bonchev–Trinajstić information content (AvgIpc) is 3.00. The summed E-state index contributed by atoms with van der Waals surface area (Å²) < 4.78 is 0. The van der Waals surface area contributed by atoms with E-state index in [2.05, 4.69) is 15.3 Å². The number of rotatable bonds is 3. The first kappa shape index (κ1) is 10.1. The first-order chi connectivity index (χ1) is 7.24. The second kappa shape index (κ2) is 3.95. The molecular formula is C9H11N5S. The SMILES string of the molecule is CSc1nc(NC2CC2)nc(N)c1C#N. The van der Waals surface area contributed by atoms with Crippen LogP contribution >= 0.6 is 11.8 Å². The first-order valence-corrected chi connectivity index (χ1v) is 5.85. The van der Waals surface area contributed by atoms with Gasteiger partial charge in [0, 0.05) is 6.04 Å². The summed E-state index contributed by atoms with van der Waals surface area (Å²) in [6, 6.07) is 2.49. The number of nitrogen functional groups attached to an aromatic ring is 1. The fourth-order valence-corrected chi connectivity index (χ4v) is 1.72. The number of nitrogens with zero attached hydrogens (tertiary/aromatic N) is 3. The zero-order valence-corrected chi connectivity index (χ0v) is 9.14. The van der Waals surface area contributed by atoms with Gasteiger partial charge in [0.25, 0.3) is 0 Å². The lowest BCUT2D eigenvalue weighted by Gasteiger charge is -2.07. The molecule has 3 N–H and O–H groups in total. The van der Waals surface area contributed by atoms with Crippen LogP contribution in [0.4, 0.5) is 11.8 Å². The van der Waals surface area contributed by atoms with Crippen LogP contribution in [-0.4, -0.2) is 22.3 Å². The number of nitriles is 1. The maximum absolute atomic E-state index is 8.87. The largest absolute Gasteiger partial charge is 0.382 e. The molecule has 78 valence electrons. The highest BCUT2D eigenvalue weighted by molar-refractivity contribution is 7.98. The van der Waals surface area contributed by atoms with Crippen molar-refractivity contribution in [3.8, 4) is 6.07 Å². The van der Waals surface area contributed by atoms with Gasteiger partial charge in [-0.25, -0.2) is 4.98 Å². The van der Waals surface area contributed by atoms with Crippen molar-refractivity contribution < 1.29 is 0 Å². The van der Waals surface area contributed by atoms with Crippen LogP contribution in [0.25, 0.3) is 0 Å². The van der Waals surface area contributed by atoms with Crippen LogP contribution < -0.4 is 11.1 Å². The second-order valence-corrected chi connectivity index (χ2v) is 4.14. The van der Waals surface area contributed by atoms with Crippen molar-refractivity contribution in [2.45, 2.75) is 23.9 Å². The maximum Gasteiger partial charge on any atom is 0.226 e. The fraction of sp³-hybridized carbons (Fsp3) is 0.444. The summed E-state index contributed by atoms with van der Waals surface area (Å²) >= 11 is 1.40. The van der Waals surface area contributed by atoms with Crippen molar-refractivity contribution in [2.24, 2.45) is 0 Å². The molecule has 1 fully saturated rings. The van der Waals surface area contributed by atoms with Gasteiger partial charge in [0.15, 0.2) is 0 Å². The maximum atomic E-state index is 8.87. The highest BCUT2D eigenvalue weighted by atomic mass is 32.2. The van der Waals surface area contributed by atoms with E-state index in [0.717, 1.165) is 12.8 Å². The molecule has 0 aromatic carbocycles. The molecule has 0 atom stereocenters. The Balaban J connectivity index is 2.33. The van der Waals surface area contributed by atoms with Crippen molar-refractivity contribution in [3.63, 3.8) is 0 Å². The van der Waals surface area contributed by atoms with Gasteiger partial charge in [0.05, 0.1) is 0 Å². The Morgan fingerprint density at radius 1 is 1.53 bits per heavy atom. The predicted molar refractivity (Wildman–Crippen MR) is 59.6 cm³/mol. The molecule has 5 nitrogen and oxygen atoms in total. The zero-order valence-electron chi connectivity index (χ0n) is 8.32. The van der Waals surface area contributed by atoms with Crippen LogP contribution in [0.5, 0.6) is 0 Å². The summed E-state index contributed by atoms with van der Waals surface area (Å²) in [5.74, 6) is 0.776. The van der Waals surface area contributed by atoms with Gasteiger partial charge in [0.2, 0.25) is 5.95 Å². The topological polar surface area (TPSA) is 87.6 Å².